The van der Waals surface area contributed by atoms with Crippen molar-refractivity contribution in [1.82, 2.24) is 10.6 Å². The number of carbonyl (C=O) groups excluding carboxylic acids is 2. The molecule has 0 aromatic carbocycles. The second kappa shape index (κ2) is 10.0. The number of aliphatic carboxylic acids is 2. The van der Waals surface area contributed by atoms with Crippen LogP contribution in [0, 0.1) is 0 Å². The van der Waals surface area contributed by atoms with E-state index >= 15 is 0 Å². The molecule has 0 aliphatic rings. The Morgan fingerprint density at radius 1 is 0.952 bits per heavy atom. The Morgan fingerprint density at radius 3 is 1.81 bits per heavy atom. The van der Waals surface area contributed by atoms with E-state index in [1.54, 1.807) is 7.05 Å². The molecule has 4 N–H and O–H groups in total. The number of carboxylic acids is 2. The molecular weight excluding hydrogens is 280 g/mol. The molecule has 0 aromatic heterocycles. The SMILES string of the molecule is CNC(CCC(=O)O)C(=O)CNC(CCC(=O)O)C(C)=O. The maximum Gasteiger partial charge on any atom is 0.303 e. The molecule has 0 rings (SSSR count). The zero-order chi connectivity index (χ0) is 16.4. The number of ketones is 2. The molecule has 0 saturated heterocycles. The van der Waals surface area contributed by atoms with Gasteiger partial charge in [-0.25, -0.2) is 0 Å². The number of nitrogens with one attached hydrogen (secondary N) is 2. The van der Waals surface area contributed by atoms with E-state index in [-0.39, 0.29) is 43.8 Å². The predicted molar refractivity (Wildman–Crippen MR) is 74.1 cm³/mol. The average Bonchev–Trinajstić information content (AvgIpc) is 2.38. The van der Waals surface area contributed by atoms with Gasteiger partial charge in [0.15, 0.2) is 5.78 Å². The second-order valence-electron chi connectivity index (χ2n) is 4.72. The number of likely N-dealkylation sites (N-methyl/N-ethyl adjacent to an activating group) is 1. The largest absolute Gasteiger partial charge is 0.481 e. The molecule has 21 heavy (non-hydrogen) atoms. The van der Waals surface area contributed by atoms with E-state index in [2.05, 4.69) is 10.6 Å². The minimum absolute atomic E-state index is 0.108. The lowest BCUT2D eigenvalue weighted by Crippen LogP contribution is -2.45. The van der Waals surface area contributed by atoms with Gasteiger partial charge in [0.05, 0.1) is 18.6 Å². The highest BCUT2D eigenvalue weighted by molar-refractivity contribution is 5.88. The Bertz CT molecular complexity index is 396. The van der Waals surface area contributed by atoms with E-state index in [1.807, 2.05) is 0 Å². The number of hydrogen-bond donors (Lipinski definition) is 4. The summed E-state index contributed by atoms with van der Waals surface area (Å²) in [6.45, 7) is 1.21. The molecular formula is C13H22N2O6. The molecule has 2 atom stereocenters. The fourth-order valence-electron chi connectivity index (χ4n) is 1.80. The lowest BCUT2D eigenvalue weighted by molar-refractivity contribution is -0.138. The third-order valence-electron chi connectivity index (χ3n) is 3.04. The first kappa shape index (κ1) is 19.2. The van der Waals surface area contributed by atoms with E-state index in [9.17, 15) is 19.2 Å². The van der Waals surface area contributed by atoms with E-state index < -0.39 is 24.0 Å². The molecule has 0 aliphatic carbocycles. The summed E-state index contributed by atoms with van der Waals surface area (Å²) in [6, 6.07) is -1.30. The first-order valence-corrected chi connectivity index (χ1v) is 6.65. The monoisotopic (exact) mass is 302 g/mol. The van der Waals surface area contributed by atoms with Crippen molar-refractivity contribution in [3.05, 3.63) is 0 Å². The summed E-state index contributed by atoms with van der Waals surface area (Å²) >= 11 is 0. The van der Waals surface area contributed by atoms with Gasteiger partial charge in [-0.15, -0.1) is 0 Å². The summed E-state index contributed by atoms with van der Waals surface area (Å²) in [5.41, 5.74) is 0. The van der Waals surface area contributed by atoms with Gasteiger partial charge in [-0.1, -0.05) is 0 Å². The van der Waals surface area contributed by atoms with Crippen molar-refractivity contribution in [2.75, 3.05) is 13.6 Å². The number of carbonyl (C=O) groups is 4. The lowest BCUT2D eigenvalue weighted by Gasteiger charge is -2.18. The zero-order valence-corrected chi connectivity index (χ0v) is 12.2. The van der Waals surface area contributed by atoms with Crippen molar-refractivity contribution in [2.45, 2.75) is 44.7 Å². The molecule has 8 heteroatoms. The van der Waals surface area contributed by atoms with Crippen LogP contribution in [0.1, 0.15) is 32.6 Å². The van der Waals surface area contributed by atoms with Crippen LogP contribution >= 0.6 is 0 Å². The van der Waals surface area contributed by atoms with Gasteiger partial charge in [0.2, 0.25) is 0 Å². The maximum absolute atomic E-state index is 11.9. The summed E-state index contributed by atoms with van der Waals surface area (Å²) in [5, 5.41) is 22.7. The van der Waals surface area contributed by atoms with Crippen LogP contribution in [0.25, 0.3) is 0 Å². The van der Waals surface area contributed by atoms with Gasteiger partial charge in [-0.2, -0.15) is 0 Å². The average molecular weight is 302 g/mol. The van der Waals surface area contributed by atoms with Crippen molar-refractivity contribution in [3.8, 4) is 0 Å². The summed E-state index contributed by atoms with van der Waals surface area (Å²) in [6.07, 6.45) is -0.0319. The standard InChI is InChI=1S/C13H22N2O6/c1-8(16)9(3-5-12(18)19)15-7-11(17)10(14-2)4-6-13(20)21/h9-10,14-15H,3-7H2,1-2H3,(H,18,19)(H,20,21). The quantitative estimate of drug-likeness (QED) is 0.376. The fourth-order valence-corrected chi connectivity index (χ4v) is 1.80. The summed E-state index contributed by atoms with van der Waals surface area (Å²) in [7, 11) is 1.55. The molecule has 0 radical (unpaired) electrons. The first-order valence-electron chi connectivity index (χ1n) is 6.65. The highest BCUT2D eigenvalue weighted by Gasteiger charge is 2.21. The van der Waals surface area contributed by atoms with Crippen molar-refractivity contribution < 1.29 is 29.4 Å². The second-order valence-corrected chi connectivity index (χ2v) is 4.72. The minimum Gasteiger partial charge on any atom is -0.481 e. The molecule has 120 valence electrons. The highest BCUT2D eigenvalue weighted by atomic mass is 16.4. The van der Waals surface area contributed by atoms with Crippen LogP contribution in [-0.4, -0.2) is 59.4 Å². The van der Waals surface area contributed by atoms with Crippen molar-refractivity contribution in [2.24, 2.45) is 0 Å². The Hall–Kier alpha value is -1.80. The van der Waals surface area contributed by atoms with E-state index in [0.717, 1.165) is 0 Å². The van der Waals surface area contributed by atoms with Gasteiger partial charge >= 0.3 is 11.9 Å². The van der Waals surface area contributed by atoms with E-state index in [0.29, 0.717) is 0 Å². The lowest BCUT2D eigenvalue weighted by atomic mass is 10.0. The van der Waals surface area contributed by atoms with Crippen molar-refractivity contribution in [3.63, 3.8) is 0 Å². The third kappa shape index (κ3) is 8.87. The van der Waals surface area contributed by atoms with Gasteiger partial charge in [0, 0.05) is 12.8 Å². The van der Waals surface area contributed by atoms with Crippen LogP contribution in [-0.2, 0) is 19.2 Å². The van der Waals surface area contributed by atoms with Crippen molar-refractivity contribution in [1.29, 1.82) is 0 Å². The maximum atomic E-state index is 11.9. The zero-order valence-electron chi connectivity index (χ0n) is 12.2. The number of rotatable bonds is 12. The molecule has 0 heterocycles. The molecule has 0 saturated carbocycles. The predicted octanol–water partition coefficient (Wildman–Crippen LogP) is -0.580. The molecule has 0 amide bonds. The van der Waals surface area contributed by atoms with Crippen LogP contribution in [0.15, 0.2) is 0 Å². The number of carboxylic acid groups (broad SMARTS) is 2. The van der Waals surface area contributed by atoms with E-state index in [1.165, 1.54) is 6.92 Å². The Balaban J connectivity index is 4.35. The molecule has 0 aromatic rings. The van der Waals surface area contributed by atoms with Crippen LogP contribution in [0.4, 0.5) is 0 Å². The van der Waals surface area contributed by atoms with Crippen molar-refractivity contribution >= 4 is 23.5 Å². The molecule has 2 unspecified atom stereocenters. The van der Waals surface area contributed by atoms with Crippen LogP contribution in [0.2, 0.25) is 0 Å². The molecule has 0 fully saturated rings. The Labute approximate surface area is 122 Å². The Kier molecular flexibility index (Phi) is 9.15. The fraction of sp³-hybridized carbons (Fsp3) is 0.692. The summed E-state index contributed by atoms with van der Waals surface area (Å²) in [5.74, 6) is -2.50. The van der Waals surface area contributed by atoms with Crippen LogP contribution in [0.3, 0.4) is 0 Å². The van der Waals surface area contributed by atoms with Gasteiger partial charge in [-0.05, 0) is 26.8 Å². The highest BCUT2D eigenvalue weighted by Crippen LogP contribution is 2.01. The molecule has 8 nitrogen and oxygen atoms in total. The summed E-state index contributed by atoms with van der Waals surface area (Å²) < 4.78 is 0. The smallest absolute Gasteiger partial charge is 0.303 e. The van der Waals surface area contributed by atoms with Gasteiger partial charge in [0.1, 0.15) is 5.78 Å². The van der Waals surface area contributed by atoms with Crippen LogP contribution in [0.5, 0.6) is 0 Å². The third-order valence-corrected chi connectivity index (χ3v) is 3.04. The Morgan fingerprint density at radius 2 is 1.43 bits per heavy atom. The van der Waals surface area contributed by atoms with Gasteiger partial charge < -0.3 is 20.8 Å². The minimum atomic E-state index is -1.01. The molecule has 0 aliphatic heterocycles. The van der Waals surface area contributed by atoms with Gasteiger partial charge in [-0.3, -0.25) is 19.2 Å². The number of hydrogen-bond acceptors (Lipinski definition) is 6. The molecule has 0 spiro atoms. The normalized spacial score (nSPS) is 13.4. The number of Topliss-reactive ketones (excluding diaryl/α,β-unsaturated/α-hetero) is 2. The van der Waals surface area contributed by atoms with E-state index in [4.69, 9.17) is 10.2 Å². The summed E-state index contributed by atoms with van der Waals surface area (Å²) in [4.78, 5) is 44.3. The van der Waals surface area contributed by atoms with Crippen LogP contribution < -0.4 is 10.6 Å². The topological polar surface area (TPSA) is 133 Å². The molecule has 0 bridgehead atoms. The first-order chi connectivity index (χ1) is 9.77. The van der Waals surface area contributed by atoms with Gasteiger partial charge in [0.25, 0.3) is 0 Å².